The molecule has 1 aliphatic rings. The zero-order chi connectivity index (χ0) is 14.8. The van der Waals surface area contributed by atoms with Crippen LogP contribution in [0.1, 0.15) is 25.7 Å². The number of hydrogen-bond donors (Lipinski definition) is 1. The van der Waals surface area contributed by atoms with Gasteiger partial charge in [-0.2, -0.15) is 16.3 Å². The van der Waals surface area contributed by atoms with Crippen LogP contribution in [0.25, 0.3) is 11.4 Å². The van der Waals surface area contributed by atoms with Crippen LogP contribution < -0.4 is 0 Å². The van der Waals surface area contributed by atoms with Crippen molar-refractivity contribution in [2.75, 3.05) is 6.54 Å². The lowest BCUT2D eigenvalue weighted by atomic mass is 9.91. The Labute approximate surface area is 126 Å². The lowest BCUT2D eigenvalue weighted by Crippen LogP contribution is -2.48. The summed E-state index contributed by atoms with van der Waals surface area (Å²) >= 11 is 1.57. The SMILES string of the molecule is CC1CCCN(Cc2nc(-c3ccsc3)no2)C1C(=O)O. The lowest BCUT2D eigenvalue weighted by molar-refractivity contribution is -0.147. The third-order valence-corrected chi connectivity index (χ3v) is 4.56. The van der Waals surface area contributed by atoms with Crippen LogP contribution in [0, 0.1) is 5.92 Å². The van der Waals surface area contributed by atoms with Crippen molar-refractivity contribution in [1.82, 2.24) is 15.0 Å². The molecule has 0 aliphatic carbocycles. The summed E-state index contributed by atoms with van der Waals surface area (Å²) in [6.07, 6.45) is 1.94. The van der Waals surface area contributed by atoms with Crippen molar-refractivity contribution >= 4 is 17.3 Å². The van der Waals surface area contributed by atoms with Crippen molar-refractivity contribution < 1.29 is 14.4 Å². The Bertz CT molecular complexity index is 611. The largest absolute Gasteiger partial charge is 0.480 e. The molecule has 0 spiro atoms. The molecule has 3 heterocycles. The van der Waals surface area contributed by atoms with E-state index in [1.165, 1.54) is 0 Å². The maximum atomic E-state index is 11.5. The Hall–Kier alpha value is -1.73. The number of carbonyl (C=O) groups is 1. The Morgan fingerprint density at radius 3 is 3.19 bits per heavy atom. The van der Waals surface area contributed by atoms with Gasteiger partial charge in [0.15, 0.2) is 0 Å². The molecule has 0 aromatic carbocycles. The number of hydrogen-bond acceptors (Lipinski definition) is 6. The molecule has 21 heavy (non-hydrogen) atoms. The van der Waals surface area contributed by atoms with E-state index in [0.29, 0.717) is 18.3 Å². The highest BCUT2D eigenvalue weighted by Gasteiger charge is 2.35. The number of carboxylic acid groups (broad SMARTS) is 1. The molecule has 1 aliphatic heterocycles. The van der Waals surface area contributed by atoms with Crippen LogP contribution in [0.15, 0.2) is 21.3 Å². The van der Waals surface area contributed by atoms with Crippen LogP contribution in [0.2, 0.25) is 0 Å². The molecule has 112 valence electrons. The Balaban J connectivity index is 1.75. The molecule has 0 radical (unpaired) electrons. The normalized spacial score (nSPS) is 23.3. The number of piperidine rings is 1. The van der Waals surface area contributed by atoms with Crippen LogP contribution in [0.4, 0.5) is 0 Å². The molecule has 7 heteroatoms. The standard InChI is InChI=1S/C14H17N3O3S/c1-9-3-2-5-17(12(9)14(18)19)7-11-15-13(16-20-11)10-4-6-21-8-10/h4,6,8-9,12H,2-3,5,7H2,1H3,(H,18,19). The van der Waals surface area contributed by atoms with E-state index in [4.69, 9.17) is 4.52 Å². The highest BCUT2D eigenvalue weighted by molar-refractivity contribution is 7.08. The zero-order valence-corrected chi connectivity index (χ0v) is 12.5. The van der Waals surface area contributed by atoms with Crippen LogP contribution in [-0.4, -0.2) is 38.7 Å². The van der Waals surface area contributed by atoms with Gasteiger partial charge in [-0.05, 0) is 36.8 Å². The molecule has 0 bridgehead atoms. The summed E-state index contributed by atoms with van der Waals surface area (Å²) in [6, 6.07) is 1.46. The second kappa shape index (κ2) is 5.95. The molecule has 6 nitrogen and oxygen atoms in total. The summed E-state index contributed by atoms with van der Waals surface area (Å²) in [7, 11) is 0. The van der Waals surface area contributed by atoms with Crippen molar-refractivity contribution in [3.05, 3.63) is 22.7 Å². The van der Waals surface area contributed by atoms with Crippen molar-refractivity contribution in [3.63, 3.8) is 0 Å². The summed E-state index contributed by atoms with van der Waals surface area (Å²) in [5.74, 6) is 0.384. The second-order valence-corrected chi connectivity index (χ2v) is 6.18. The molecule has 1 saturated heterocycles. The van der Waals surface area contributed by atoms with Gasteiger partial charge in [-0.1, -0.05) is 12.1 Å². The van der Waals surface area contributed by atoms with Gasteiger partial charge in [0.25, 0.3) is 0 Å². The molecule has 0 saturated carbocycles. The predicted molar refractivity (Wildman–Crippen MR) is 77.8 cm³/mol. The fraction of sp³-hybridized carbons (Fsp3) is 0.500. The molecule has 3 rings (SSSR count). The van der Waals surface area contributed by atoms with Crippen LogP contribution in [0.5, 0.6) is 0 Å². The minimum Gasteiger partial charge on any atom is -0.480 e. The van der Waals surface area contributed by atoms with E-state index in [1.807, 2.05) is 28.7 Å². The maximum Gasteiger partial charge on any atom is 0.321 e. The fourth-order valence-electron chi connectivity index (χ4n) is 2.85. The zero-order valence-electron chi connectivity index (χ0n) is 11.7. The minimum absolute atomic E-state index is 0.135. The number of carboxylic acids is 1. The van der Waals surface area contributed by atoms with Crippen molar-refractivity contribution in [2.45, 2.75) is 32.4 Å². The number of nitrogens with zero attached hydrogens (tertiary/aromatic N) is 3. The number of rotatable bonds is 4. The van der Waals surface area contributed by atoms with E-state index in [1.54, 1.807) is 11.3 Å². The van der Waals surface area contributed by atoms with Gasteiger partial charge in [0.2, 0.25) is 11.7 Å². The van der Waals surface area contributed by atoms with Gasteiger partial charge in [-0.3, -0.25) is 9.69 Å². The van der Waals surface area contributed by atoms with Gasteiger partial charge in [-0.25, -0.2) is 0 Å². The van der Waals surface area contributed by atoms with E-state index >= 15 is 0 Å². The Kier molecular flexibility index (Phi) is 4.03. The van der Waals surface area contributed by atoms with Gasteiger partial charge in [0, 0.05) is 10.9 Å². The number of aliphatic carboxylic acids is 1. The lowest BCUT2D eigenvalue weighted by Gasteiger charge is -2.36. The van der Waals surface area contributed by atoms with Crippen molar-refractivity contribution in [1.29, 1.82) is 0 Å². The predicted octanol–water partition coefficient (Wildman–Crippen LogP) is 2.48. The van der Waals surface area contributed by atoms with Crippen molar-refractivity contribution in [3.8, 4) is 11.4 Å². The van der Waals surface area contributed by atoms with E-state index in [-0.39, 0.29) is 5.92 Å². The summed E-state index contributed by atoms with van der Waals surface area (Å²) in [4.78, 5) is 17.7. The molecule has 2 unspecified atom stereocenters. The quantitative estimate of drug-likeness (QED) is 0.935. The smallest absolute Gasteiger partial charge is 0.321 e. The summed E-state index contributed by atoms with van der Waals surface area (Å²) < 4.78 is 5.26. The molecule has 1 fully saturated rings. The topological polar surface area (TPSA) is 79.5 Å². The third-order valence-electron chi connectivity index (χ3n) is 3.88. The van der Waals surface area contributed by atoms with Gasteiger partial charge in [0.1, 0.15) is 6.04 Å². The summed E-state index contributed by atoms with van der Waals surface area (Å²) in [5.41, 5.74) is 0.928. The first-order valence-electron chi connectivity index (χ1n) is 6.97. The van der Waals surface area contributed by atoms with E-state index in [0.717, 1.165) is 24.9 Å². The molecule has 2 aromatic heterocycles. The summed E-state index contributed by atoms with van der Waals surface area (Å²) in [6.45, 7) is 3.12. The second-order valence-electron chi connectivity index (χ2n) is 5.40. The maximum absolute atomic E-state index is 11.5. The first kappa shape index (κ1) is 14.2. The molecular weight excluding hydrogens is 290 g/mol. The average Bonchev–Trinajstić information content (AvgIpc) is 3.08. The average molecular weight is 307 g/mol. The van der Waals surface area contributed by atoms with Gasteiger partial charge >= 0.3 is 5.97 Å². The van der Waals surface area contributed by atoms with Crippen molar-refractivity contribution in [2.24, 2.45) is 5.92 Å². The first-order valence-corrected chi connectivity index (χ1v) is 7.91. The molecule has 2 aromatic rings. The Morgan fingerprint density at radius 2 is 2.48 bits per heavy atom. The number of thiophene rings is 1. The van der Waals surface area contributed by atoms with Gasteiger partial charge < -0.3 is 9.63 Å². The molecule has 2 atom stereocenters. The van der Waals surface area contributed by atoms with Crippen LogP contribution in [0.3, 0.4) is 0 Å². The highest BCUT2D eigenvalue weighted by atomic mass is 32.1. The number of likely N-dealkylation sites (tertiary alicyclic amines) is 1. The van der Waals surface area contributed by atoms with Gasteiger partial charge in [-0.15, -0.1) is 0 Å². The van der Waals surface area contributed by atoms with E-state index in [9.17, 15) is 9.90 Å². The highest BCUT2D eigenvalue weighted by Crippen LogP contribution is 2.25. The molecule has 0 amide bonds. The first-order chi connectivity index (χ1) is 10.1. The molecule has 1 N–H and O–H groups in total. The third kappa shape index (κ3) is 2.98. The van der Waals surface area contributed by atoms with E-state index < -0.39 is 12.0 Å². The monoisotopic (exact) mass is 307 g/mol. The Morgan fingerprint density at radius 1 is 1.62 bits per heavy atom. The van der Waals surface area contributed by atoms with E-state index in [2.05, 4.69) is 10.1 Å². The fourth-order valence-corrected chi connectivity index (χ4v) is 3.49. The minimum atomic E-state index is -0.778. The summed E-state index contributed by atoms with van der Waals surface area (Å²) in [5, 5.41) is 17.3. The van der Waals surface area contributed by atoms with Crippen LogP contribution >= 0.6 is 11.3 Å². The number of aromatic nitrogens is 2. The van der Waals surface area contributed by atoms with Gasteiger partial charge in [0.05, 0.1) is 6.54 Å². The van der Waals surface area contributed by atoms with Crippen LogP contribution in [-0.2, 0) is 11.3 Å². The molecular formula is C14H17N3O3S.